The average Bonchev–Trinajstić information content (AvgIpc) is 3.09. The third-order valence-corrected chi connectivity index (χ3v) is 6.54. The van der Waals surface area contributed by atoms with Gasteiger partial charge in [0.2, 0.25) is 5.91 Å². The molecule has 2 atom stereocenters. The van der Waals surface area contributed by atoms with Gasteiger partial charge in [-0.1, -0.05) is 0 Å². The number of carbonyl (C=O) groups excluding carboxylic acids is 1. The van der Waals surface area contributed by atoms with Crippen LogP contribution < -0.4 is 9.80 Å². The lowest BCUT2D eigenvalue weighted by Crippen LogP contribution is -2.41. The maximum atomic E-state index is 13.4. The number of hydrogen-bond donors (Lipinski definition) is 0. The van der Waals surface area contributed by atoms with E-state index in [0.717, 1.165) is 23.4 Å². The highest BCUT2D eigenvalue weighted by Crippen LogP contribution is 2.33. The van der Waals surface area contributed by atoms with Crippen LogP contribution in [0.5, 0.6) is 0 Å². The molecule has 0 saturated carbocycles. The van der Waals surface area contributed by atoms with E-state index in [2.05, 4.69) is 20.1 Å². The van der Waals surface area contributed by atoms with Gasteiger partial charge in [0.25, 0.3) is 6.43 Å². The van der Waals surface area contributed by atoms with Gasteiger partial charge in [0.05, 0.1) is 23.9 Å². The molecular formula is C22H22F5N7O. The Hall–Kier alpha value is -3.38. The van der Waals surface area contributed by atoms with Crippen molar-refractivity contribution in [2.45, 2.75) is 38.4 Å². The monoisotopic (exact) mass is 495 g/mol. The number of rotatable bonds is 4. The lowest BCUT2D eigenvalue weighted by atomic mass is 9.92. The number of halogens is 5. The summed E-state index contributed by atoms with van der Waals surface area (Å²) < 4.78 is 65.7. The van der Waals surface area contributed by atoms with E-state index in [1.807, 2.05) is 4.90 Å². The molecule has 1 amide bonds. The Morgan fingerprint density at radius 2 is 1.83 bits per heavy atom. The quantitative estimate of drug-likeness (QED) is 0.513. The Morgan fingerprint density at radius 1 is 1.00 bits per heavy atom. The summed E-state index contributed by atoms with van der Waals surface area (Å²) in [5, 5.41) is 3.94. The van der Waals surface area contributed by atoms with Gasteiger partial charge in [-0.3, -0.25) is 9.69 Å². The van der Waals surface area contributed by atoms with Gasteiger partial charge in [0.15, 0.2) is 5.65 Å². The molecule has 2 aliphatic rings. The minimum absolute atomic E-state index is 0.194. The molecule has 0 N–H and O–H groups in total. The number of pyridine rings is 1. The van der Waals surface area contributed by atoms with Crippen molar-refractivity contribution in [3.8, 4) is 0 Å². The third-order valence-electron chi connectivity index (χ3n) is 6.54. The third kappa shape index (κ3) is 4.76. The van der Waals surface area contributed by atoms with Gasteiger partial charge in [-0.15, -0.1) is 0 Å². The molecule has 35 heavy (non-hydrogen) atoms. The van der Waals surface area contributed by atoms with E-state index in [1.165, 1.54) is 17.2 Å². The topological polar surface area (TPSA) is 80.0 Å². The first kappa shape index (κ1) is 23.4. The standard InChI is InChI=1S/C22H22F5N7O/c23-17(24)12-34-20-16(8-30-34)28-9-19(31-20)32-10-13-1-2-14(11-32)21(35)33(6-5-13)18-4-3-15(7-29-18)22(25,26)27/h3-4,7-9,13-14,17H,1-2,5-6,10-12H2. The molecule has 0 spiro atoms. The molecule has 0 radical (unpaired) electrons. The molecular weight excluding hydrogens is 473 g/mol. The Balaban J connectivity index is 1.41. The number of fused-ring (bicyclic) bond motifs is 4. The van der Waals surface area contributed by atoms with Gasteiger partial charge in [-0.2, -0.15) is 18.3 Å². The molecule has 0 aliphatic carbocycles. The lowest BCUT2D eigenvalue weighted by molar-refractivity contribution is -0.137. The number of anilines is 2. The first-order valence-electron chi connectivity index (χ1n) is 11.3. The largest absolute Gasteiger partial charge is 0.417 e. The van der Waals surface area contributed by atoms with E-state index in [4.69, 9.17) is 0 Å². The number of aromatic nitrogens is 5. The maximum absolute atomic E-state index is 13.4. The summed E-state index contributed by atoms with van der Waals surface area (Å²) in [4.78, 5) is 29.6. The first-order chi connectivity index (χ1) is 16.7. The molecule has 5 heterocycles. The van der Waals surface area contributed by atoms with Crippen LogP contribution >= 0.6 is 0 Å². The minimum atomic E-state index is -4.50. The zero-order valence-corrected chi connectivity index (χ0v) is 18.5. The predicted octanol–water partition coefficient (Wildman–Crippen LogP) is 3.77. The van der Waals surface area contributed by atoms with Crippen LogP contribution in [0.25, 0.3) is 11.2 Å². The van der Waals surface area contributed by atoms with Gasteiger partial charge in [0, 0.05) is 25.8 Å². The zero-order chi connectivity index (χ0) is 24.7. The molecule has 2 aliphatic heterocycles. The van der Waals surface area contributed by atoms with Crippen LogP contribution in [0.15, 0.2) is 30.7 Å². The molecule has 2 unspecified atom stereocenters. The van der Waals surface area contributed by atoms with Crippen LogP contribution in [0.3, 0.4) is 0 Å². The Labute approximate surface area is 196 Å². The summed E-state index contributed by atoms with van der Waals surface area (Å²) in [7, 11) is 0. The zero-order valence-electron chi connectivity index (χ0n) is 18.5. The SMILES string of the molecule is O=C1C2CCC(CCN1c1ccc(C(F)(F)F)cn1)CN(c1cnc3cnn(CC(F)F)c3n1)C2. The van der Waals surface area contributed by atoms with E-state index in [9.17, 15) is 26.7 Å². The summed E-state index contributed by atoms with van der Waals surface area (Å²) in [5.74, 6) is 0.235. The fourth-order valence-electron chi connectivity index (χ4n) is 4.74. The molecule has 2 fully saturated rings. The van der Waals surface area contributed by atoms with Crippen LogP contribution in [-0.2, 0) is 17.5 Å². The fraction of sp³-hybridized carbons (Fsp3) is 0.500. The summed E-state index contributed by atoms with van der Waals surface area (Å²) in [5.41, 5.74) is -0.222. The molecule has 0 aromatic carbocycles. The molecule has 2 bridgehead atoms. The average molecular weight is 495 g/mol. The van der Waals surface area contributed by atoms with Crippen LogP contribution in [-0.4, -0.2) is 56.7 Å². The van der Waals surface area contributed by atoms with Gasteiger partial charge < -0.3 is 4.90 Å². The van der Waals surface area contributed by atoms with Crippen LogP contribution in [0.4, 0.5) is 33.6 Å². The Kier molecular flexibility index (Phi) is 6.01. The Bertz CT molecular complexity index is 1210. The fourth-order valence-corrected chi connectivity index (χ4v) is 4.74. The highest BCUT2D eigenvalue weighted by molar-refractivity contribution is 5.94. The van der Waals surface area contributed by atoms with Crippen molar-refractivity contribution in [1.29, 1.82) is 0 Å². The van der Waals surface area contributed by atoms with Crippen LogP contribution in [0.2, 0.25) is 0 Å². The van der Waals surface area contributed by atoms with Crippen molar-refractivity contribution in [3.63, 3.8) is 0 Å². The molecule has 8 nitrogen and oxygen atoms in total. The second kappa shape index (κ2) is 9.00. The highest BCUT2D eigenvalue weighted by atomic mass is 19.4. The highest BCUT2D eigenvalue weighted by Gasteiger charge is 2.36. The molecule has 3 aromatic heterocycles. The molecule has 5 rings (SSSR count). The number of carbonyl (C=O) groups is 1. The number of amides is 1. The second-order valence-electron chi connectivity index (χ2n) is 8.88. The normalized spacial score (nSPS) is 21.5. The van der Waals surface area contributed by atoms with E-state index in [0.29, 0.717) is 43.8 Å². The van der Waals surface area contributed by atoms with E-state index >= 15 is 0 Å². The van der Waals surface area contributed by atoms with Crippen molar-refractivity contribution in [2.24, 2.45) is 11.8 Å². The molecule has 13 heteroatoms. The van der Waals surface area contributed by atoms with E-state index in [-0.39, 0.29) is 23.3 Å². The molecule has 3 aromatic rings. The van der Waals surface area contributed by atoms with Crippen molar-refractivity contribution in [2.75, 3.05) is 29.4 Å². The number of nitrogens with zero attached hydrogens (tertiary/aromatic N) is 7. The summed E-state index contributed by atoms with van der Waals surface area (Å²) in [6, 6.07) is 2.16. The van der Waals surface area contributed by atoms with Crippen molar-refractivity contribution in [1.82, 2.24) is 24.7 Å². The van der Waals surface area contributed by atoms with Gasteiger partial charge in [0.1, 0.15) is 23.7 Å². The van der Waals surface area contributed by atoms with Gasteiger partial charge >= 0.3 is 6.18 Å². The van der Waals surface area contributed by atoms with E-state index < -0.39 is 30.6 Å². The smallest absolute Gasteiger partial charge is 0.354 e. The first-order valence-corrected chi connectivity index (χ1v) is 11.3. The number of hydrogen-bond acceptors (Lipinski definition) is 6. The molecule has 186 valence electrons. The van der Waals surface area contributed by atoms with Gasteiger partial charge in [-0.25, -0.2) is 28.4 Å². The number of alkyl halides is 5. The summed E-state index contributed by atoms with van der Waals surface area (Å²) in [6.45, 7) is 0.676. The predicted molar refractivity (Wildman–Crippen MR) is 116 cm³/mol. The van der Waals surface area contributed by atoms with Crippen molar-refractivity contribution >= 4 is 28.7 Å². The van der Waals surface area contributed by atoms with Crippen LogP contribution in [0, 0.1) is 11.8 Å². The Morgan fingerprint density at radius 3 is 2.54 bits per heavy atom. The van der Waals surface area contributed by atoms with Crippen molar-refractivity contribution in [3.05, 3.63) is 36.3 Å². The van der Waals surface area contributed by atoms with E-state index in [1.54, 1.807) is 6.20 Å². The summed E-state index contributed by atoms with van der Waals surface area (Å²) >= 11 is 0. The summed E-state index contributed by atoms with van der Waals surface area (Å²) in [6.07, 6.45) is -1.34. The van der Waals surface area contributed by atoms with Gasteiger partial charge in [-0.05, 0) is 37.3 Å². The van der Waals surface area contributed by atoms with Crippen molar-refractivity contribution < 1.29 is 26.7 Å². The maximum Gasteiger partial charge on any atom is 0.417 e. The minimum Gasteiger partial charge on any atom is -0.354 e. The molecule has 2 saturated heterocycles. The van der Waals surface area contributed by atoms with Crippen LogP contribution in [0.1, 0.15) is 24.8 Å². The second-order valence-corrected chi connectivity index (χ2v) is 8.88. The lowest BCUT2D eigenvalue weighted by Gasteiger charge is -2.29.